The molecule has 0 aliphatic heterocycles. The number of carbonyl (C=O) groups is 2. The monoisotopic (exact) mass is 328 g/mol. The van der Waals surface area contributed by atoms with Crippen molar-refractivity contribution in [1.82, 2.24) is 0 Å². The van der Waals surface area contributed by atoms with Crippen LogP contribution < -0.4 is 10.6 Å². The van der Waals surface area contributed by atoms with E-state index >= 15 is 0 Å². The molecule has 0 spiro atoms. The molecule has 6 nitrogen and oxygen atoms in total. The van der Waals surface area contributed by atoms with E-state index < -0.39 is 0 Å². The van der Waals surface area contributed by atoms with Gasteiger partial charge in [0.05, 0.1) is 25.3 Å². The largest absolute Gasteiger partial charge is 0.465 e. The second-order valence-electron chi connectivity index (χ2n) is 4.99. The average molecular weight is 328 g/mol. The van der Waals surface area contributed by atoms with Gasteiger partial charge in [0.1, 0.15) is 0 Å². The van der Waals surface area contributed by atoms with Crippen molar-refractivity contribution in [2.75, 3.05) is 37.9 Å². The molecule has 126 valence electrons. The topological polar surface area (TPSA) is 76.7 Å². The lowest BCUT2D eigenvalue weighted by molar-refractivity contribution is 0.0592. The van der Waals surface area contributed by atoms with Crippen molar-refractivity contribution in [3.8, 4) is 0 Å². The Morgan fingerprint density at radius 2 is 1.04 bits per heavy atom. The van der Waals surface area contributed by atoms with E-state index in [1.54, 1.807) is 24.3 Å². The van der Waals surface area contributed by atoms with Crippen LogP contribution in [0.2, 0.25) is 0 Å². The fourth-order valence-electron chi connectivity index (χ4n) is 2.10. The zero-order valence-corrected chi connectivity index (χ0v) is 13.7. The highest BCUT2D eigenvalue weighted by Crippen LogP contribution is 2.11. The number of esters is 2. The lowest BCUT2D eigenvalue weighted by Gasteiger charge is -2.10. The first-order valence-corrected chi connectivity index (χ1v) is 7.48. The molecule has 0 bridgehead atoms. The zero-order chi connectivity index (χ0) is 17.4. The molecule has 0 aliphatic rings. The van der Waals surface area contributed by atoms with Crippen molar-refractivity contribution >= 4 is 23.3 Å². The Balaban J connectivity index is 1.76. The summed E-state index contributed by atoms with van der Waals surface area (Å²) in [7, 11) is 2.72. The van der Waals surface area contributed by atoms with Crippen LogP contribution in [0, 0.1) is 0 Å². The van der Waals surface area contributed by atoms with E-state index in [-0.39, 0.29) is 11.9 Å². The lowest BCUT2D eigenvalue weighted by atomic mass is 10.2. The summed E-state index contributed by atoms with van der Waals surface area (Å²) < 4.78 is 9.31. The maximum Gasteiger partial charge on any atom is 0.337 e. The molecular formula is C18H20N2O4. The van der Waals surface area contributed by atoms with Gasteiger partial charge < -0.3 is 20.1 Å². The van der Waals surface area contributed by atoms with Crippen LogP contribution in [-0.2, 0) is 9.47 Å². The highest BCUT2D eigenvalue weighted by atomic mass is 16.5. The normalized spacial score (nSPS) is 9.92. The Labute approximate surface area is 140 Å². The fourth-order valence-corrected chi connectivity index (χ4v) is 2.10. The van der Waals surface area contributed by atoms with Crippen LogP contribution in [0.3, 0.4) is 0 Å². The molecule has 0 heterocycles. The summed E-state index contributed by atoms with van der Waals surface area (Å²) in [5.41, 5.74) is 2.88. The van der Waals surface area contributed by atoms with Crippen LogP contribution in [0.15, 0.2) is 48.5 Å². The maximum atomic E-state index is 11.3. The summed E-state index contributed by atoms with van der Waals surface area (Å²) in [4.78, 5) is 22.7. The molecule has 0 radical (unpaired) electrons. The Hall–Kier alpha value is -3.02. The van der Waals surface area contributed by atoms with Crippen molar-refractivity contribution < 1.29 is 19.1 Å². The first kappa shape index (κ1) is 17.3. The van der Waals surface area contributed by atoms with Crippen LogP contribution in [0.1, 0.15) is 20.7 Å². The first-order valence-electron chi connectivity index (χ1n) is 7.48. The minimum absolute atomic E-state index is 0.349. The van der Waals surface area contributed by atoms with E-state index in [0.717, 1.165) is 11.4 Å². The number of rotatable bonds is 7. The standard InChI is InChI=1S/C18H20N2O4/c1-23-17(21)13-3-7-15(8-4-13)19-11-12-20-16-9-5-14(6-10-16)18(22)24-2/h3-10,19-20H,11-12H2,1-2H3. The number of methoxy groups -OCH3 is 2. The van der Waals surface area contributed by atoms with Crippen molar-refractivity contribution in [3.63, 3.8) is 0 Å². The maximum absolute atomic E-state index is 11.3. The predicted octanol–water partition coefficient (Wildman–Crippen LogP) is 2.78. The lowest BCUT2D eigenvalue weighted by Crippen LogP contribution is -2.13. The van der Waals surface area contributed by atoms with Gasteiger partial charge in [-0.1, -0.05) is 0 Å². The fraction of sp³-hybridized carbons (Fsp3) is 0.222. The molecule has 0 fully saturated rings. The van der Waals surface area contributed by atoms with Crippen molar-refractivity contribution in [2.45, 2.75) is 0 Å². The van der Waals surface area contributed by atoms with Gasteiger partial charge in [0, 0.05) is 24.5 Å². The summed E-state index contributed by atoms with van der Waals surface area (Å²) in [5, 5.41) is 6.50. The van der Waals surface area contributed by atoms with Crippen LogP contribution >= 0.6 is 0 Å². The Morgan fingerprint density at radius 3 is 1.33 bits per heavy atom. The highest BCUT2D eigenvalue weighted by molar-refractivity contribution is 5.90. The van der Waals surface area contributed by atoms with Crippen molar-refractivity contribution in [3.05, 3.63) is 59.7 Å². The molecule has 0 aliphatic carbocycles. The van der Waals surface area contributed by atoms with Crippen LogP contribution in [0.4, 0.5) is 11.4 Å². The average Bonchev–Trinajstić information content (AvgIpc) is 2.65. The summed E-state index contributed by atoms with van der Waals surface area (Å²) in [5.74, 6) is -0.697. The Morgan fingerprint density at radius 1 is 0.708 bits per heavy atom. The molecule has 0 unspecified atom stereocenters. The molecule has 0 amide bonds. The number of carbonyl (C=O) groups excluding carboxylic acids is 2. The molecular weight excluding hydrogens is 308 g/mol. The predicted molar refractivity (Wildman–Crippen MR) is 92.5 cm³/mol. The summed E-state index contributed by atoms with van der Waals surface area (Å²) in [6.45, 7) is 1.41. The van der Waals surface area contributed by atoms with Gasteiger partial charge in [0.2, 0.25) is 0 Å². The van der Waals surface area contributed by atoms with Crippen LogP contribution in [0.5, 0.6) is 0 Å². The van der Waals surface area contributed by atoms with Gasteiger partial charge >= 0.3 is 11.9 Å². The highest BCUT2D eigenvalue weighted by Gasteiger charge is 2.05. The SMILES string of the molecule is COC(=O)c1ccc(NCCNc2ccc(C(=O)OC)cc2)cc1. The molecule has 0 saturated carbocycles. The Bertz CT molecular complexity index is 620. The summed E-state index contributed by atoms with van der Waals surface area (Å²) in [6.07, 6.45) is 0. The van der Waals surface area contributed by atoms with Gasteiger partial charge in [-0.25, -0.2) is 9.59 Å². The van der Waals surface area contributed by atoms with Gasteiger partial charge in [-0.05, 0) is 48.5 Å². The smallest absolute Gasteiger partial charge is 0.337 e. The van der Waals surface area contributed by atoms with Gasteiger partial charge in [0.25, 0.3) is 0 Å². The number of anilines is 2. The van der Waals surface area contributed by atoms with Gasteiger partial charge in [0.15, 0.2) is 0 Å². The molecule has 2 N–H and O–H groups in total. The second-order valence-corrected chi connectivity index (χ2v) is 4.99. The first-order chi connectivity index (χ1) is 11.6. The van der Waals surface area contributed by atoms with Crippen LogP contribution in [0.25, 0.3) is 0 Å². The van der Waals surface area contributed by atoms with E-state index in [2.05, 4.69) is 20.1 Å². The van der Waals surface area contributed by atoms with Crippen molar-refractivity contribution in [2.24, 2.45) is 0 Å². The van der Waals surface area contributed by atoms with E-state index in [1.165, 1.54) is 14.2 Å². The summed E-state index contributed by atoms with van der Waals surface area (Å²) >= 11 is 0. The zero-order valence-electron chi connectivity index (χ0n) is 13.7. The third-order valence-electron chi connectivity index (χ3n) is 3.40. The molecule has 0 saturated heterocycles. The minimum Gasteiger partial charge on any atom is -0.465 e. The third-order valence-corrected chi connectivity index (χ3v) is 3.40. The quantitative estimate of drug-likeness (QED) is 0.601. The second kappa shape index (κ2) is 8.57. The van der Waals surface area contributed by atoms with E-state index in [9.17, 15) is 9.59 Å². The number of hydrogen-bond donors (Lipinski definition) is 2. The molecule has 2 rings (SSSR count). The molecule has 24 heavy (non-hydrogen) atoms. The Kier molecular flexibility index (Phi) is 6.19. The molecule has 0 atom stereocenters. The van der Waals surface area contributed by atoms with Gasteiger partial charge in [-0.2, -0.15) is 0 Å². The van der Waals surface area contributed by atoms with E-state index in [0.29, 0.717) is 24.2 Å². The number of benzene rings is 2. The van der Waals surface area contributed by atoms with Gasteiger partial charge in [-0.3, -0.25) is 0 Å². The molecule has 6 heteroatoms. The van der Waals surface area contributed by atoms with Gasteiger partial charge in [-0.15, -0.1) is 0 Å². The number of nitrogens with one attached hydrogen (secondary N) is 2. The third kappa shape index (κ3) is 4.74. The molecule has 2 aromatic rings. The molecule has 2 aromatic carbocycles. The summed E-state index contributed by atoms with van der Waals surface area (Å²) in [6, 6.07) is 14.2. The molecule has 0 aromatic heterocycles. The van der Waals surface area contributed by atoms with Crippen LogP contribution in [-0.4, -0.2) is 39.2 Å². The number of hydrogen-bond acceptors (Lipinski definition) is 6. The minimum atomic E-state index is -0.349. The van der Waals surface area contributed by atoms with Crippen molar-refractivity contribution in [1.29, 1.82) is 0 Å². The van der Waals surface area contributed by atoms with E-state index in [4.69, 9.17) is 0 Å². The van der Waals surface area contributed by atoms with E-state index in [1.807, 2.05) is 24.3 Å². The number of ether oxygens (including phenoxy) is 2.